The van der Waals surface area contributed by atoms with Crippen molar-refractivity contribution in [2.75, 3.05) is 5.75 Å². The number of allylic oxidation sites excluding steroid dienone is 3. The zero-order valence-corrected chi connectivity index (χ0v) is 17.5. The summed E-state index contributed by atoms with van der Waals surface area (Å²) in [6.45, 7) is 11.8. The molecular formula is C24H38S. The summed E-state index contributed by atoms with van der Waals surface area (Å²) in [5.41, 5.74) is 2.89. The van der Waals surface area contributed by atoms with Crippen molar-refractivity contribution in [1.82, 2.24) is 0 Å². The molecule has 3 saturated carbocycles. The van der Waals surface area contributed by atoms with Crippen molar-refractivity contribution < 1.29 is 0 Å². The maximum atomic E-state index is 4.60. The summed E-state index contributed by atoms with van der Waals surface area (Å²) in [7, 11) is 0. The standard InChI is InChI=1S/C24H38S/c1-5-16(2)20-8-9-21-19-7-6-18-14-17(15-25)10-12-23(18,3)22(19)11-13-24(20,21)4/h5-6,16-17,19-22,25H,1,7-15H2,2-4H3. The summed E-state index contributed by atoms with van der Waals surface area (Å²) < 4.78 is 0. The van der Waals surface area contributed by atoms with E-state index in [4.69, 9.17) is 0 Å². The molecule has 0 saturated heterocycles. The summed E-state index contributed by atoms with van der Waals surface area (Å²) in [5.74, 6) is 6.31. The Labute approximate surface area is 161 Å². The maximum Gasteiger partial charge on any atom is -0.00664 e. The summed E-state index contributed by atoms with van der Waals surface area (Å²) in [4.78, 5) is 0. The molecule has 4 aliphatic rings. The van der Waals surface area contributed by atoms with Crippen LogP contribution in [0.25, 0.3) is 0 Å². The molecule has 0 nitrogen and oxygen atoms in total. The fraction of sp³-hybridized carbons (Fsp3) is 0.833. The van der Waals surface area contributed by atoms with Crippen molar-refractivity contribution in [2.45, 2.75) is 72.1 Å². The number of hydrogen-bond acceptors (Lipinski definition) is 1. The molecule has 8 unspecified atom stereocenters. The van der Waals surface area contributed by atoms with Crippen LogP contribution in [0.2, 0.25) is 0 Å². The van der Waals surface area contributed by atoms with E-state index in [0.717, 1.165) is 35.3 Å². The number of hydrogen-bond donors (Lipinski definition) is 1. The highest BCUT2D eigenvalue weighted by atomic mass is 32.1. The lowest BCUT2D eigenvalue weighted by atomic mass is 9.46. The van der Waals surface area contributed by atoms with Gasteiger partial charge < -0.3 is 0 Å². The second-order valence-electron chi connectivity index (χ2n) is 10.4. The van der Waals surface area contributed by atoms with E-state index in [1.165, 1.54) is 51.4 Å². The first-order valence-electron chi connectivity index (χ1n) is 10.9. The van der Waals surface area contributed by atoms with E-state index >= 15 is 0 Å². The number of thiol groups is 1. The first-order chi connectivity index (χ1) is 11.9. The Bertz CT molecular complexity index is 562. The second-order valence-corrected chi connectivity index (χ2v) is 10.7. The summed E-state index contributed by atoms with van der Waals surface area (Å²) in [6, 6.07) is 0. The molecule has 0 amide bonds. The van der Waals surface area contributed by atoms with Crippen molar-refractivity contribution in [2.24, 2.45) is 46.3 Å². The van der Waals surface area contributed by atoms with E-state index in [1.807, 2.05) is 5.57 Å². The molecule has 140 valence electrons. The highest BCUT2D eigenvalue weighted by Crippen LogP contribution is 2.67. The van der Waals surface area contributed by atoms with Crippen LogP contribution >= 0.6 is 12.6 Å². The van der Waals surface area contributed by atoms with Gasteiger partial charge in [0, 0.05) is 0 Å². The molecule has 25 heavy (non-hydrogen) atoms. The smallest absolute Gasteiger partial charge is 0.00664 e. The van der Waals surface area contributed by atoms with Gasteiger partial charge in [0.1, 0.15) is 0 Å². The minimum absolute atomic E-state index is 0.506. The lowest BCUT2D eigenvalue weighted by Crippen LogP contribution is -2.50. The van der Waals surface area contributed by atoms with Crippen LogP contribution in [0.4, 0.5) is 0 Å². The molecule has 0 spiro atoms. The lowest BCUT2D eigenvalue weighted by Gasteiger charge is -2.58. The fourth-order valence-electron chi connectivity index (χ4n) is 7.96. The molecule has 1 heteroatoms. The van der Waals surface area contributed by atoms with Gasteiger partial charge in [0.25, 0.3) is 0 Å². The van der Waals surface area contributed by atoms with Crippen LogP contribution in [-0.2, 0) is 0 Å². The normalized spacial score (nSPS) is 50.2. The quantitative estimate of drug-likeness (QED) is 0.410. The average Bonchev–Trinajstić information content (AvgIpc) is 2.97. The van der Waals surface area contributed by atoms with Gasteiger partial charge in [-0.1, -0.05) is 38.5 Å². The van der Waals surface area contributed by atoms with Crippen LogP contribution in [0.1, 0.15) is 72.1 Å². The maximum absolute atomic E-state index is 4.60. The molecule has 0 heterocycles. The molecule has 0 N–H and O–H groups in total. The van der Waals surface area contributed by atoms with E-state index in [1.54, 1.807) is 0 Å². The molecule has 4 rings (SSSR count). The molecule has 0 bridgehead atoms. The minimum Gasteiger partial charge on any atom is -0.179 e. The van der Waals surface area contributed by atoms with Gasteiger partial charge in [-0.05, 0) is 103 Å². The van der Waals surface area contributed by atoms with Gasteiger partial charge in [0.05, 0.1) is 0 Å². The molecule has 4 aliphatic carbocycles. The fourth-order valence-corrected chi connectivity index (χ4v) is 8.27. The van der Waals surface area contributed by atoms with Crippen molar-refractivity contribution in [3.63, 3.8) is 0 Å². The van der Waals surface area contributed by atoms with Crippen molar-refractivity contribution in [1.29, 1.82) is 0 Å². The van der Waals surface area contributed by atoms with Crippen LogP contribution in [0.15, 0.2) is 24.3 Å². The Hall–Kier alpha value is -0.170. The third-order valence-electron chi connectivity index (χ3n) is 9.54. The topological polar surface area (TPSA) is 0 Å². The van der Waals surface area contributed by atoms with Gasteiger partial charge in [-0.3, -0.25) is 0 Å². The van der Waals surface area contributed by atoms with Crippen LogP contribution in [-0.4, -0.2) is 5.75 Å². The Balaban J connectivity index is 1.62. The van der Waals surface area contributed by atoms with E-state index in [9.17, 15) is 0 Å². The minimum atomic E-state index is 0.506. The van der Waals surface area contributed by atoms with Crippen molar-refractivity contribution >= 4 is 12.6 Å². The van der Waals surface area contributed by atoms with Gasteiger partial charge in [-0.25, -0.2) is 0 Å². The predicted octanol–water partition coefficient (Wildman–Crippen LogP) is 6.93. The summed E-state index contributed by atoms with van der Waals surface area (Å²) >= 11 is 4.60. The van der Waals surface area contributed by atoms with Crippen molar-refractivity contribution in [3.8, 4) is 0 Å². The summed E-state index contributed by atoms with van der Waals surface area (Å²) in [5, 5.41) is 0. The van der Waals surface area contributed by atoms with Crippen LogP contribution in [0, 0.1) is 46.3 Å². The van der Waals surface area contributed by atoms with E-state index in [-0.39, 0.29) is 0 Å². The number of rotatable bonds is 3. The van der Waals surface area contributed by atoms with E-state index in [0.29, 0.717) is 16.7 Å². The third-order valence-corrected chi connectivity index (χ3v) is 10.1. The second kappa shape index (κ2) is 6.47. The number of fused-ring (bicyclic) bond motifs is 5. The molecule has 8 atom stereocenters. The van der Waals surface area contributed by atoms with Crippen LogP contribution < -0.4 is 0 Å². The van der Waals surface area contributed by atoms with Gasteiger partial charge in [0.2, 0.25) is 0 Å². The predicted molar refractivity (Wildman–Crippen MR) is 112 cm³/mol. The van der Waals surface area contributed by atoms with E-state index in [2.05, 4.69) is 52.1 Å². The monoisotopic (exact) mass is 358 g/mol. The zero-order valence-electron chi connectivity index (χ0n) is 16.6. The molecular weight excluding hydrogens is 320 g/mol. The zero-order chi connectivity index (χ0) is 17.8. The Morgan fingerprint density at radius 3 is 2.72 bits per heavy atom. The molecule has 0 radical (unpaired) electrons. The third kappa shape index (κ3) is 2.62. The molecule has 0 aromatic heterocycles. The van der Waals surface area contributed by atoms with Gasteiger partial charge in [-0.15, -0.1) is 6.58 Å². The van der Waals surface area contributed by atoms with E-state index < -0.39 is 0 Å². The molecule has 0 aliphatic heterocycles. The largest absolute Gasteiger partial charge is 0.179 e. The SMILES string of the molecule is C=CC(C)C1CCC2C3CC=C4CC(CS)CCC4(C)C3CCC12C. The highest BCUT2D eigenvalue weighted by Gasteiger charge is 2.58. The lowest BCUT2D eigenvalue weighted by molar-refractivity contribution is -0.0485. The average molecular weight is 359 g/mol. The molecule has 0 aromatic carbocycles. The van der Waals surface area contributed by atoms with Gasteiger partial charge >= 0.3 is 0 Å². The van der Waals surface area contributed by atoms with Gasteiger partial charge in [0.15, 0.2) is 0 Å². The Morgan fingerprint density at radius 1 is 1.20 bits per heavy atom. The van der Waals surface area contributed by atoms with Crippen molar-refractivity contribution in [3.05, 3.63) is 24.3 Å². The first-order valence-corrected chi connectivity index (χ1v) is 11.5. The molecule has 0 aromatic rings. The summed E-state index contributed by atoms with van der Waals surface area (Å²) in [6.07, 6.45) is 16.3. The van der Waals surface area contributed by atoms with Crippen LogP contribution in [0.5, 0.6) is 0 Å². The first kappa shape index (κ1) is 18.2. The highest BCUT2D eigenvalue weighted by molar-refractivity contribution is 7.80. The Kier molecular flexibility index (Phi) is 4.71. The molecule has 3 fully saturated rings. The van der Waals surface area contributed by atoms with Gasteiger partial charge in [-0.2, -0.15) is 12.6 Å². The Morgan fingerprint density at radius 2 is 2.00 bits per heavy atom. The van der Waals surface area contributed by atoms with Crippen LogP contribution in [0.3, 0.4) is 0 Å².